The summed E-state index contributed by atoms with van der Waals surface area (Å²) in [5, 5.41) is 6.85. The second-order valence-corrected chi connectivity index (χ2v) is 5.70. The number of carbonyl (C=O) groups is 1. The Bertz CT molecular complexity index is 433. The number of aromatic nitrogens is 1. The molecule has 2 aliphatic rings. The van der Waals surface area contributed by atoms with E-state index in [1.165, 1.54) is 24.3 Å². The van der Waals surface area contributed by atoms with Crippen LogP contribution in [0.3, 0.4) is 0 Å². The van der Waals surface area contributed by atoms with E-state index in [1.807, 2.05) is 7.05 Å². The molecule has 0 radical (unpaired) electrons. The fraction of sp³-hybridized carbons (Fsp3) is 0.636. The molecule has 1 amide bonds. The molecule has 1 aromatic rings. The van der Waals surface area contributed by atoms with Crippen molar-refractivity contribution in [3.63, 3.8) is 0 Å². The summed E-state index contributed by atoms with van der Waals surface area (Å²) in [5.74, 6) is 0.665. The van der Waals surface area contributed by atoms with Crippen LogP contribution < -0.4 is 10.6 Å². The third-order valence-electron chi connectivity index (χ3n) is 3.59. The van der Waals surface area contributed by atoms with Gasteiger partial charge in [-0.05, 0) is 18.9 Å². The van der Waals surface area contributed by atoms with Gasteiger partial charge in [-0.25, -0.2) is 4.98 Å². The number of amides is 1. The molecule has 1 aromatic heterocycles. The molecule has 2 aliphatic heterocycles. The van der Waals surface area contributed by atoms with E-state index in [0.717, 1.165) is 18.2 Å². The number of nitrogens with one attached hydrogen (secondary N) is 2. The molecule has 2 bridgehead atoms. The molecule has 2 fully saturated rings. The van der Waals surface area contributed by atoms with Crippen molar-refractivity contribution in [1.82, 2.24) is 15.2 Å². The molecule has 6 heteroatoms. The summed E-state index contributed by atoms with van der Waals surface area (Å²) < 4.78 is 0. The smallest absolute Gasteiger partial charge is 0.263 e. The summed E-state index contributed by atoms with van der Waals surface area (Å²) >= 11 is 1.40. The molecule has 3 heterocycles. The monoisotopic (exact) mass is 252 g/mol. The zero-order valence-corrected chi connectivity index (χ0v) is 10.6. The number of anilines is 1. The minimum Gasteiger partial charge on any atom is -0.365 e. The van der Waals surface area contributed by atoms with Crippen molar-refractivity contribution in [2.24, 2.45) is 5.92 Å². The zero-order chi connectivity index (χ0) is 11.8. The van der Waals surface area contributed by atoms with Crippen LogP contribution in [0.15, 0.2) is 6.20 Å². The summed E-state index contributed by atoms with van der Waals surface area (Å²) in [6, 6.07) is 0.330. The summed E-state index contributed by atoms with van der Waals surface area (Å²) in [4.78, 5) is 19.2. The SMILES string of the molecule is CNc1ncc(C(=O)N[C@H]2CN3CC[C@@H]2C3)s1. The lowest BCUT2D eigenvalue weighted by Crippen LogP contribution is -2.42. The summed E-state index contributed by atoms with van der Waals surface area (Å²) in [6.45, 7) is 3.35. The van der Waals surface area contributed by atoms with Gasteiger partial charge >= 0.3 is 0 Å². The number of fused-ring (bicyclic) bond motifs is 2. The Morgan fingerprint density at radius 2 is 2.47 bits per heavy atom. The maximum Gasteiger partial charge on any atom is 0.263 e. The molecule has 2 saturated heterocycles. The molecule has 0 spiro atoms. The molecule has 3 atom stereocenters. The molecular weight excluding hydrogens is 236 g/mol. The second-order valence-electron chi connectivity index (χ2n) is 4.67. The van der Waals surface area contributed by atoms with Crippen LogP contribution in [0.4, 0.5) is 5.13 Å². The quantitative estimate of drug-likeness (QED) is 0.828. The molecule has 0 aliphatic carbocycles. The lowest BCUT2D eigenvalue weighted by Gasteiger charge is -2.22. The molecule has 0 saturated carbocycles. The number of piperidine rings is 1. The first-order valence-corrected chi connectivity index (χ1v) is 6.74. The standard InChI is InChI=1S/C11H16N4OS/c1-12-11-13-4-9(17-11)10(16)14-8-6-15-3-2-7(8)5-15/h4,7-8H,2-3,5-6H2,1H3,(H,12,13)(H,14,16)/t7-,8+/m1/s1. The largest absolute Gasteiger partial charge is 0.365 e. The van der Waals surface area contributed by atoms with Gasteiger partial charge in [0.05, 0.1) is 6.20 Å². The maximum atomic E-state index is 12.0. The minimum absolute atomic E-state index is 0.0164. The average Bonchev–Trinajstić information content (AvgIpc) is 3.04. The number of carbonyl (C=O) groups excluding carboxylic acids is 1. The number of hydrogen-bond acceptors (Lipinski definition) is 5. The van der Waals surface area contributed by atoms with Gasteiger partial charge in [0.25, 0.3) is 5.91 Å². The lowest BCUT2D eigenvalue weighted by atomic mass is 10.00. The van der Waals surface area contributed by atoms with Crippen molar-refractivity contribution in [3.05, 3.63) is 11.1 Å². The Kier molecular flexibility index (Phi) is 2.76. The van der Waals surface area contributed by atoms with Gasteiger partial charge in [0.15, 0.2) is 5.13 Å². The lowest BCUT2D eigenvalue weighted by molar-refractivity contribution is 0.0928. The molecular formula is C11H16N4OS. The predicted molar refractivity (Wildman–Crippen MR) is 67.5 cm³/mol. The van der Waals surface area contributed by atoms with Crippen LogP contribution in [0, 0.1) is 5.92 Å². The summed E-state index contributed by atoms with van der Waals surface area (Å²) in [5.41, 5.74) is 0. The van der Waals surface area contributed by atoms with E-state index in [1.54, 1.807) is 6.20 Å². The summed E-state index contributed by atoms with van der Waals surface area (Å²) in [7, 11) is 1.81. The third kappa shape index (κ3) is 2.02. The van der Waals surface area contributed by atoms with Gasteiger partial charge in [-0.2, -0.15) is 0 Å². The Hall–Kier alpha value is -1.14. The minimum atomic E-state index is 0.0164. The first kappa shape index (κ1) is 11.0. The van der Waals surface area contributed by atoms with Crippen molar-refractivity contribution in [1.29, 1.82) is 0 Å². The Morgan fingerprint density at radius 3 is 3.06 bits per heavy atom. The topological polar surface area (TPSA) is 57.3 Å². The molecule has 2 N–H and O–H groups in total. The molecule has 17 heavy (non-hydrogen) atoms. The van der Waals surface area contributed by atoms with Crippen LogP contribution in [-0.2, 0) is 0 Å². The highest BCUT2D eigenvalue weighted by Gasteiger charge is 2.38. The first-order chi connectivity index (χ1) is 8.26. The van der Waals surface area contributed by atoms with E-state index in [2.05, 4.69) is 20.5 Å². The van der Waals surface area contributed by atoms with E-state index < -0.39 is 0 Å². The van der Waals surface area contributed by atoms with Gasteiger partial charge in [-0.15, -0.1) is 0 Å². The fourth-order valence-electron chi connectivity index (χ4n) is 2.68. The summed E-state index contributed by atoms with van der Waals surface area (Å²) in [6.07, 6.45) is 2.86. The fourth-order valence-corrected chi connectivity index (χ4v) is 3.35. The average molecular weight is 252 g/mol. The molecule has 92 valence electrons. The number of thiazole rings is 1. The van der Waals surface area contributed by atoms with Gasteiger partial charge in [-0.3, -0.25) is 4.79 Å². The maximum absolute atomic E-state index is 12.0. The van der Waals surface area contributed by atoms with E-state index in [0.29, 0.717) is 16.8 Å². The van der Waals surface area contributed by atoms with Crippen LogP contribution in [0.5, 0.6) is 0 Å². The van der Waals surface area contributed by atoms with E-state index in [-0.39, 0.29) is 5.91 Å². The van der Waals surface area contributed by atoms with Gasteiger partial charge in [-0.1, -0.05) is 11.3 Å². The molecule has 3 rings (SSSR count). The van der Waals surface area contributed by atoms with Crippen molar-refractivity contribution < 1.29 is 4.79 Å². The van der Waals surface area contributed by atoms with Gasteiger partial charge in [0, 0.05) is 26.2 Å². The van der Waals surface area contributed by atoms with Crippen LogP contribution >= 0.6 is 11.3 Å². The third-order valence-corrected chi connectivity index (χ3v) is 4.61. The van der Waals surface area contributed by atoms with E-state index >= 15 is 0 Å². The Morgan fingerprint density at radius 1 is 1.59 bits per heavy atom. The second kappa shape index (κ2) is 4.27. The van der Waals surface area contributed by atoms with E-state index in [9.17, 15) is 4.79 Å². The number of nitrogens with zero attached hydrogens (tertiary/aromatic N) is 2. The number of rotatable bonds is 3. The van der Waals surface area contributed by atoms with Crippen LogP contribution in [-0.4, -0.2) is 48.5 Å². The van der Waals surface area contributed by atoms with Crippen molar-refractivity contribution in [2.45, 2.75) is 12.5 Å². The van der Waals surface area contributed by atoms with Gasteiger partial charge in [0.1, 0.15) is 4.88 Å². The molecule has 1 unspecified atom stereocenters. The zero-order valence-electron chi connectivity index (χ0n) is 9.77. The molecule has 0 aromatic carbocycles. The Labute approximate surface area is 104 Å². The van der Waals surface area contributed by atoms with Crippen LogP contribution in [0.2, 0.25) is 0 Å². The Balaban J connectivity index is 1.63. The van der Waals surface area contributed by atoms with Gasteiger partial charge in [0.2, 0.25) is 0 Å². The van der Waals surface area contributed by atoms with Crippen molar-refractivity contribution in [2.75, 3.05) is 32.0 Å². The van der Waals surface area contributed by atoms with Crippen LogP contribution in [0.1, 0.15) is 16.1 Å². The normalized spacial score (nSPS) is 30.5. The first-order valence-electron chi connectivity index (χ1n) is 5.93. The van der Waals surface area contributed by atoms with Gasteiger partial charge < -0.3 is 15.5 Å². The predicted octanol–water partition coefficient (Wildman–Crippen LogP) is 0.619. The van der Waals surface area contributed by atoms with Crippen LogP contribution in [0.25, 0.3) is 0 Å². The highest BCUT2D eigenvalue weighted by atomic mass is 32.1. The van der Waals surface area contributed by atoms with Crippen molar-refractivity contribution >= 4 is 22.4 Å². The number of hydrogen-bond donors (Lipinski definition) is 2. The van der Waals surface area contributed by atoms with E-state index in [4.69, 9.17) is 0 Å². The van der Waals surface area contributed by atoms with Crippen molar-refractivity contribution in [3.8, 4) is 0 Å². The highest BCUT2D eigenvalue weighted by molar-refractivity contribution is 7.17. The highest BCUT2D eigenvalue weighted by Crippen LogP contribution is 2.28. The molecule has 5 nitrogen and oxygen atoms in total.